The van der Waals surface area contributed by atoms with Crippen molar-refractivity contribution in [3.63, 3.8) is 0 Å². The third-order valence-electron chi connectivity index (χ3n) is 4.20. The molecule has 0 unspecified atom stereocenters. The number of β-amino-alcohol motifs (C(OH)–C–C–N with tert-alkyl or cyclic N) is 1. The second-order valence-corrected chi connectivity index (χ2v) is 5.94. The monoisotopic (exact) mass is 296 g/mol. The molecule has 6 nitrogen and oxygen atoms in total. The number of nitrogens with one attached hydrogen (secondary N) is 2. The van der Waals surface area contributed by atoms with Crippen molar-refractivity contribution in [2.24, 2.45) is 0 Å². The number of hydrogen-bond donors (Lipinski definition) is 3. The molecule has 1 aliphatic rings. The van der Waals surface area contributed by atoms with Gasteiger partial charge in [-0.3, -0.25) is 9.89 Å². The summed E-state index contributed by atoms with van der Waals surface area (Å²) in [5.41, 5.74) is 2.27. The fraction of sp³-hybridized carbons (Fsp3) is 0.250. The Labute approximate surface area is 126 Å². The Morgan fingerprint density at radius 3 is 2.86 bits per heavy atom. The van der Waals surface area contributed by atoms with Gasteiger partial charge in [0.25, 0.3) is 5.91 Å². The van der Waals surface area contributed by atoms with Crippen LogP contribution in [0.3, 0.4) is 0 Å². The first-order chi connectivity index (χ1) is 10.5. The molecule has 0 saturated carbocycles. The lowest BCUT2D eigenvalue weighted by Gasteiger charge is -2.45. The summed E-state index contributed by atoms with van der Waals surface area (Å²) >= 11 is 0. The number of nitrogens with zero attached hydrogens (tertiary/aromatic N) is 2. The molecule has 0 aliphatic carbocycles. The first-order valence-corrected chi connectivity index (χ1v) is 7.16. The van der Waals surface area contributed by atoms with Crippen LogP contribution in [0.2, 0.25) is 0 Å². The van der Waals surface area contributed by atoms with E-state index in [4.69, 9.17) is 0 Å². The average molecular weight is 296 g/mol. The smallest absolute Gasteiger partial charge is 0.270 e. The first kappa shape index (κ1) is 13.1. The molecular weight excluding hydrogens is 280 g/mol. The molecule has 3 aromatic rings. The number of amides is 1. The van der Waals surface area contributed by atoms with Gasteiger partial charge in [-0.15, -0.1) is 0 Å². The molecule has 22 heavy (non-hydrogen) atoms. The fourth-order valence-electron chi connectivity index (χ4n) is 2.94. The van der Waals surface area contributed by atoms with E-state index in [-0.39, 0.29) is 19.0 Å². The molecule has 1 saturated heterocycles. The van der Waals surface area contributed by atoms with E-state index in [1.54, 1.807) is 17.2 Å². The van der Waals surface area contributed by atoms with Crippen LogP contribution in [0.1, 0.15) is 21.7 Å². The van der Waals surface area contributed by atoms with Crippen LogP contribution in [0.5, 0.6) is 0 Å². The largest absolute Gasteiger partial charge is 0.380 e. The van der Waals surface area contributed by atoms with Crippen molar-refractivity contribution in [1.82, 2.24) is 20.1 Å². The zero-order chi connectivity index (χ0) is 15.3. The Balaban J connectivity index is 1.55. The van der Waals surface area contributed by atoms with Crippen molar-refractivity contribution < 1.29 is 9.90 Å². The molecule has 6 heteroatoms. The molecule has 0 atom stereocenters. The minimum absolute atomic E-state index is 0.0990. The van der Waals surface area contributed by atoms with Crippen molar-refractivity contribution in [3.05, 3.63) is 53.5 Å². The lowest BCUT2D eigenvalue weighted by atomic mass is 9.90. The summed E-state index contributed by atoms with van der Waals surface area (Å²) in [6.45, 7) is 2.55. The summed E-state index contributed by atoms with van der Waals surface area (Å²) in [5.74, 6) is -0.0990. The molecule has 0 spiro atoms. The van der Waals surface area contributed by atoms with Crippen LogP contribution in [0, 0.1) is 6.92 Å². The highest BCUT2D eigenvalue weighted by Gasteiger charge is 2.46. The molecule has 0 bridgehead atoms. The van der Waals surface area contributed by atoms with Crippen LogP contribution in [0.4, 0.5) is 0 Å². The molecular formula is C16H16N4O2. The van der Waals surface area contributed by atoms with Gasteiger partial charge in [0.2, 0.25) is 0 Å². The highest BCUT2D eigenvalue weighted by Crippen LogP contribution is 2.31. The number of hydrogen-bond acceptors (Lipinski definition) is 3. The summed E-state index contributed by atoms with van der Waals surface area (Å²) in [6.07, 6.45) is 1.60. The molecule has 3 N–H and O–H groups in total. The van der Waals surface area contributed by atoms with Crippen LogP contribution < -0.4 is 0 Å². The van der Waals surface area contributed by atoms with Crippen LogP contribution in [-0.2, 0) is 5.60 Å². The number of fused-ring (bicyclic) bond motifs is 1. The lowest BCUT2D eigenvalue weighted by molar-refractivity contribution is -0.0893. The second-order valence-electron chi connectivity index (χ2n) is 5.94. The lowest BCUT2D eigenvalue weighted by Crippen LogP contribution is -2.61. The molecule has 1 amide bonds. The standard InChI is InChI=1S/C16H16N4O2/c1-10-2-3-11-7-13(18-12(11)6-10)15(21)20-8-16(22,9-20)14-4-5-17-19-14/h2-7,18,22H,8-9H2,1H3,(H,17,19). The predicted molar refractivity (Wildman–Crippen MR) is 81.4 cm³/mol. The number of aromatic nitrogens is 3. The fourth-order valence-corrected chi connectivity index (χ4v) is 2.94. The van der Waals surface area contributed by atoms with Crippen molar-refractivity contribution >= 4 is 16.8 Å². The average Bonchev–Trinajstić information content (AvgIpc) is 3.11. The summed E-state index contributed by atoms with van der Waals surface area (Å²) < 4.78 is 0. The first-order valence-electron chi connectivity index (χ1n) is 7.16. The SMILES string of the molecule is Cc1ccc2cc(C(=O)N3CC(O)(c4ccn[nH]4)C3)[nH]c2c1. The number of aryl methyl sites for hydroxylation is 1. The maximum absolute atomic E-state index is 12.5. The zero-order valence-corrected chi connectivity index (χ0v) is 12.1. The predicted octanol–water partition coefficient (Wildman–Crippen LogP) is 1.54. The van der Waals surface area contributed by atoms with Gasteiger partial charge in [-0.1, -0.05) is 12.1 Å². The van der Waals surface area contributed by atoms with Crippen molar-refractivity contribution in [1.29, 1.82) is 0 Å². The quantitative estimate of drug-likeness (QED) is 0.670. The number of rotatable bonds is 2. The molecule has 112 valence electrons. The Hall–Kier alpha value is -2.60. The molecule has 3 heterocycles. The number of benzene rings is 1. The number of carbonyl (C=O) groups is 1. The van der Waals surface area contributed by atoms with E-state index in [1.807, 2.05) is 31.2 Å². The molecule has 0 radical (unpaired) electrons. The highest BCUT2D eigenvalue weighted by atomic mass is 16.3. The van der Waals surface area contributed by atoms with E-state index in [0.29, 0.717) is 11.4 Å². The number of likely N-dealkylation sites (tertiary alicyclic amines) is 1. The number of aliphatic hydroxyl groups is 1. The maximum atomic E-state index is 12.5. The molecule has 2 aromatic heterocycles. The third-order valence-corrected chi connectivity index (χ3v) is 4.20. The topological polar surface area (TPSA) is 85.0 Å². The van der Waals surface area contributed by atoms with Crippen LogP contribution in [0.25, 0.3) is 10.9 Å². The normalized spacial score (nSPS) is 16.7. The van der Waals surface area contributed by atoms with Gasteiger partial charge in [-0.25, -0.2) is 0 Å². The van der Waals surface area contributed by atoms with E-state index in [0.717, 1.165) is 16.5 Å². The number of H-pyrrole nitrogens is 2. The zero-order valence-electron chi connectivity index (χ0n) is 12.1. The summed E-state index contributed by atoms with van der Waals surface area (Å²) in [4.78, 5) is 17.3. The van der Waals surface area contributed by atoms with E-state index in [1.165, 1.54) is 0 Å². The van der Waals surface area contributed by atoms with Crippen LogP contribution in [0.15, 0.2) is 36.5 Å². The van der Waals surface area contributed by atoms with Gasteiger partial charge >= 0.3 is 0 Å². The van der Waals surface area contributed by atoms with Gasteiger partial charge in [-0.05, 0) is 30.7 Å². The van der Waals surface area contributed by atoms with Crippen molar-refractivity contribution in [2.75, 3.05) is 13.1 Å². The number of aromatic amines is 2. The molecule has 1 aliphatic heterocycles. The van der Waals surface area contributed by atoms with E-state index in [2.05, 4.69) is 15.2 Å². The van der Waals surface area contributed by atoms with E-state index in [9.17, 15) is 9.90 Å². The Morgan fingerprint density at radius 2 is 2.14 bits per heavy atom. The van der Waals surface area contributed by atoms with Gasteiger partial charge in [0.1, 0.15) is 11.3 Å². The van der Waals surface area contributed by atoms with Gasteiger partial charge in [0, 0.05) is 17.1 Å². The Bertz CT molecular complexity index is 844. The number of carbonyl (C=O) groups excluding carboxylic acids is 1. The van der Waals surface area contributed by atoms with Gasteiger partial charge < -0.3 is 15.0 Å². The van der Waals surface area contributed by atoms with Crippen LogP contribution >= 0.6 is 0 Å². The highest BCUT2D eigenvalue weighted by molar-refractivity contribution is 5.98. The van der Waals surface area contributed by atoms with E-state index < -0.39 is 5.60 Å². The third kappa shape index (κ3) is 1.92. The Kier molecular flexibility index (Phi) is 2.65. The summed E-state index contributed by atoms with van der Waals surface area (Å²) in [6, 6.07) is 9.61. The minimum Gasteiger partial charge on any atom is -0.380 e. The summed E-state index contributed by atoms with van der Waals surface area (Å²) in [5, 5.41) is 18.1. The van der Waals surface area contributed by atoms with Gasteiger partial charge in [-0.2, -0.15) is 5.10 Å². The van der Waals surface area contributed by atoms with Gasteiger partial charge in [0.15, 0.2) is 0 Å². The molecule has 1 aromatic carbocycles. The molecule has 1 fully saturated rings. The minimum atomic E-state index is -1.02. The Morgan fingerprint density at radius 1 is 1.32 bits per heavy atom. The maximum Gasteiger partial charge on any atom is 0.270 e. The van der Waals surface area contributed by atoms with Crippen molar-refractivity contribution in [3.8, 4) is 0 Å². The van der Waals surface area contributed by atoms with Gasteiger partial charge in [0.05, 0.1) is 18.8 Å². The van der Waals surface area contributed by atoms with Crippen LogP contribution in [-0.4, -0.2) is 44.2 Å². The van der Waals surface area contributed by atoms with E-state index >= 15 is 0 Å². The second kappa shape index (κ2) is 4.45. The van der Waals surface area contributed by atoms with Crippen molar-refractivity contribution in [2.45, 2.75) is 12.5 Å². The summed E-state index contributed by atoms with van der Waals surface area (Å²) in [7, 11) is 0. The molecule has 4 rings (SSSR count).